The van der Waals surface area contributed by atoms with E-state index in [-0.39, 0.29) is 10.9 Å². The van der Waals surface area contributed by atoms with E-state index in [2.05, 4.69) is 9.97 Å². The second kappa shape index (κ2) is 8.81. The second-order valence-electron chi connectivity index (χ2n) is 7.14. The summed E-state index contributed by atoms with van der Waals surface area (Å²) in [5.74, 6) is 0.552. The van der Waals surface area contributed by atoms with Crippen LogP contribution in [0.3, 0.4) is 0 Å². The van der Waals surface area contributed by atoms with Crippen LogP contribution in [0.2, 0.25) is 0 Å². The van der Waals surface area contributed by atoms with Gasteiger partial charge in [0.25, 0.3) is 0 Å². The van der Waals surface area contributed by atoms with Crippen LogP contribution in [0.5, 0.6) is 0 Å². The number of rotatable bonds is 7. The second-order valence-corrected chi connectivity index (χ2v) is 9.98. The number of ether oxygens (including phenoxy) is 1. The molecule has 2 aromatic heterocycles. The van der Waals surface area contributed by atoms with Gasteiger partial charge in [-0.2, -0.15) is 4.31 Å². The van der Waals surface area contributed by atoms with E-state index >= 15 is 0 Å². The molecule has 1 aliphatic heterocycles. The van der Waals surface area contributed by atoms with Gasteiger partial charge in [-0.1, -0.05) is 6.07 Å². The van der Waals surface area contributed by atoms with Gasteiger partial charge in [0.05, 0.1) is 22.1 Å². The molecular weight excluding hydrogens is 420 g/mol. The summed E-state index contributed by atoms with van der Waals surface area (Å²) in [5.41, 5.74) is 1.67. The van der Waals surface area contributed by atoms with Crippen LogP contribution in [0.25, 0.3) is 10.6 Å². The summed E-state index contributed by atoms with van der Waals surface area (Å²) in [6.07, 6.45) is 3.41. The van der Waals surface area contributed by atoms with Gasteiger partial charge >= 0.3 is 0 Å². The lowest BCUT2D eigenvalue weighted by Gasteiger charge is -2.24. The monoisotopic (exact) mass is 444 g/mol. The smallest absolute Gasteiger partial charge is 0.243 e. The molecule has 0 radical (unpaired) electrons. The summed E-state index contributed by atoms with van der Waals surface area (Å²) in [5, 5.41) is 2.01. The average molecular weight is 445 g/mol. The predicted octanol–water partition coefficient (Wildman–Crippen LogP) is 3.77. The maximum absolute atomic E-state index is 13.1. The van der Waals surface area contributed by atoms with Gasteiger partial charge < -0.3 is 9.64 Å². The first-order valence-corrected chi connectivity index (χ1v) is 12.0. The van der Waals surface area contributed by atoms with Crippen molar-refractivity contribution >= 4 is 33.0 Å². The molecule has 0 bridgehead atoms. The molecule has 3 aromatic rings. The third-order valence-electron chi connectivity index (χ3n) is 5.23. The van der Waals surface area contributed by atoms with Crippen molar-refractivity contribution in [1.82, 2.24) is 14.3 Å². The van der Waals surface area contributed by atoms with Gasteiger partial charge in [0.2, 0.25) is 16.0 Å². The SMILES string of the molecule is COC[C@@H]1CCCN1S(=O)(=O)c1ccc(N(C)c2nccc(-c3cccs3)n2)cc1. The molecule has 0 spiro atoms. The Labute approximate surface area is 181 Å². The molecule has 0 amide bonds. The summed E-state index contributed by atoms with van der Waals surface area (Å²) in [7, 11) is -0.0809. The highest BCUT2D eigenvalue weighted by Gasteiger charge is 2.35. The van der Waals surface area contributed by atoms with Crippen LogP contribution in [-0.4, -0.2) is 56.0 Å². The fourth-order valence-corrected chi connectivity index (χ4v) is 6.02. The van der Waals surface area contributed by atoms with Crippen LogP contribution >= 0.6 is 11.3 Å². The number of benzene rings is 1. The normalized spacial score (nSPS) is 17.3. The Kier molecular flexibility index (Phi) is 6.14. The quantitative estimate of drug-likeness (QED) is 0.552. The lowest BCUT2D eigenvalue weighted by Crippen LogP contribution is -2.38. The fourth-order valence-electron chi connectivity index (χ4n) is 3.65. The molecule has 0 N–H and O–H groups in total. The van der Waals surface area contributed by atoms with Crippen molar-refractivity contribution in [3.8, 4) is 10.6 Å². The van der Waals surface area contributed by atoms with Gasteiger partial charge in [-0.15, -0.1) is 11.3 Å². The number of nitrogens with zero attached hydrogens (tertiary/aromatic N) is 4. The highest BCUT2D eigenvalue weighted by atomic mass is 32.2. The number of anilines is 2. The topological polar surface area (TPSA) is 75.6 Å². The van der Waals surface area contributed by atoms with Gasteiger partial charge in [-0.05, 0) is 54.6 Å². The first-order valence-electron chi connectivity index (χ1n) is 9.72. The zero-order chi connectivity index (χ0) is 21.1. The van der Waals surface area contributed by atoms with Crippen molar-refractivity contribution in [2.24, 2.45) is 0 Å². The summed E-state index contributed by atoms with van der Waals surface area (Å²) < 4.78 is 32.9. The van der Waals surface area contributed by atoms with Crippen molar-refractivity contribution in [3.05, 3.63) is 54.0 Å². The molecule has 1 aliphatic rings. The van der Waals surface area contributed by atoms with Gasteiger partial charge in [0, 0.05) is 38.6 Å². The molecule has 0 aliphatic carbocycles. The van der Waals surface area contributed by atoms with Crippen LogP contribution in [-0.2, 0) is 14.8 Å². The van der Waals surface area contributed by atoms with E-state index in [0.29, 0.717) is 19.1 Å². The van der Waals surface area contributed by atoms with Gasteiger partial charge in [-0.25, -0.2) is 18.4 Å². The van der Waals surface area contributed by atoms with E-state index in [1.165, 1.54) is 0 Å². The molecule has 0 saturated carbocycles. The Bertz CT molecular complexity index is 1090. The maximum Gasteiger partial charge on any atom is 0.243 e. The molecule has 4 rings (SSSR count). The number of sulfonamides is 1. The lowest BCUT2D eigenvalue weighted by atomic mass is 10.2. The summed E-state index contributed by atoms with van der Waals surface area (Å²) in [6, 6.07) is 12.7. The fraction of sp³-hybridized carbons (Fsp3) is 0.333. The summed E-state index contributed by atoms with van der Waals surface area (Å²) in [6.45, 7) is 0.944. The largest absolute Gasteiger partial charge is 0.383 e. The Morgan fingerprint density at radius 3 is 2.73 bits per heavy atom. The Morgan fingerprint density at radius 2 is 2.03 bits per heavy atom. The molecule has 30 heavy (non-hydrogen) atoms. The Hall–Kier alpha value is -2.33. The van der Waals surface area contributed by atoms with E-state index in [1.807, 2.05) is 35.5 Å². The summed E-state index contributed by atoms with van der Waals surface area (Å²) in [4.78, 5) is 12.2. The number of methoxy groups -OCH3 is 1. The Balaban J connectivity index is 1.56. The first-order chi connectivity index (χ1) is 14.5. The maximum atomic E-state index is 13.1. The third-order valence-corrected chi connectivity index (χ3v) is 8.09. The minimum absolute atomic E-state index is 0.101. The molecular formula is C21H24N4O3S2. The molecule has 3 heterocycles. The third kappa shape index (κ3) is 4.11. The van der Waals surface area contributed by atoms with Crippen molar-refractivity contribution in [1.29, 1.82) is 0 Å². The number of hydrogen-bond acceptors (Lipinski definition) is 7. The molecule has 1 aromatic carbocycles. The zero-order valence-electron chi connectivity index (χ0n) is 16.9. The number of aromatic nitrogens is 2. The predicted molar refractivity (Wildman–Crippen MR) is 119 cm³/mol. The first kappa shape index (κ1) is 20.9. The number of hydrogen-bond donors (Lipinski definition) is 0. The van der Waals surface area contributed by atoms with Crippen LogP contribution in [0, 0.1) is 0 Å². The molecule has 1 fully saturated rings. The minimum Gasteiger partial charge on any atom is -0.383 e. The van der Waals surface area contributed by atoms with E-state index in [0.717, 1.165) is 29.1 Å². The average Bonchev–Trinajstić information content (AvgIpc) is 3.46. The van der Waals surface area contributed by atoms with Crippen molar-refractivity contribution in [3.63, 3.8) is 0 Å². The van der Waals surface area contributed by atoms with Crippen molar-refractivity contribution in [2.75, 3.05) is 32.2 Å². The molecule has 9 heteroatoms. The highest BCUT2D eigenvalue weighted by Crippen LogP contribution is 2.29. The summed E-state index contributed by atoms with van der Waals surface area (Å²) >= 11 is 1.62. The Morgan fingerprint density at radius 1 is 1.23 bits per heavy atom. The molecule has 1 saturated heterocycles. The minimum atomic E-state index is -3.55. The van der Waals surface area contributed by atoms with Crippen molar-refractivity contribution < 1.29 is 13.2 Å². The zero-order valence-corrected chi connectivity index (χ0v) is 18.6. The highest BCUT2D eigenvalue weighted by molar-refractivity contribution is 7.89. The molecule has 7 nitrogen and oxygen atoms in total. The van der Waals surface area contributed by atoms with Gasteiger partial charge in [0.15, 0.2) is 0 Å². The molecule has 158 valence electrons. The van der Waals surface area contributed by atoms with Gasteiger partial charge in [0.1, 0.15) is 0 Å². The van der Waals surface area contributed by atoms with Crippen LogP contribution in [0.4, 0.5) is 11.6 Å². The van der Waals surface area contributed by atoms with E-state index in [4.69, 9.17) is 4.74 Å². The molecule has 1 atom stereocenters. The molecule has 0 unspecified atom stereocenters. The van der Waals surface area contributed by atoms with Crippen LogP contribution < -0.4 is 4.90 Å². The van der Waals surface area contributed by atoms with E-state index in [1.54, 1.807) is 53.2 Å². The standard InChI is InChI=1S/C21H24N4O3S2/c1-24(21-22-12-11-19(23-21)20-6-4-14-29-20)16-7-9-18(10-8-16)30(26,27)25-13-3-5-17(25)15-28-2/h4,6-12,14,17H,3,5,13,15H2,1-2H3/t17-/m0/s1. The van der Waals surface area contributed by atoms with Crippen molar-refractivity contribution in [2.45, 2.75) is 23.8 Å². The number of thiophene rings is 1. The van der Waals surface area contributed by atoms with Gasteiger partial charge in [-0.3, -0.25) is 0 Å². The van der Waals surface area contributed by atoms with Crippen LogP contribution in [0.15, 0.2) is 58.9 Å². The van der Waals surface area contributed by atoms with E-state index in [9.17, 15) is 8.42 Å². The van der Waals surface area contributed by atoms with E-state index < -0.39 is 10.0 Å². The lowest BCUT2D eigenvalue weighted by molar-refractivity contribution is 0.149. The van der Waals surface area contributed by atoms with Crippen LogP contribution in [0.1, 0.15) is 12.8 Å².